The molecule has 0 saturated carbocycles. The molecule has 0 aromatic heterocycles. The van der Waals surface area contributed by atoms with E-state index >= 15 is 0 Å². The number of ether oxygens (including phenoxy) is 1. The molecule has 0 aliphatic carbocycles. The molecular weight excluding hydrogens is 354 g/mol. The second-order valence-electron chi connectivity index (χ2n) is 6.19. The fourth-order valence-corrected chi connectivity index (χ4v) is 4.50. The van der Waals surface area contributed by atoms with Crippen LogP contribution in [0.25, 0.3) is 11.1 Å². The average molecular weight is 373 g/mol. The molecule has 0 bridgehead atoms. The van der Waals surface area contributed by atoms with E-state index in [1.165, 1.54) is 0 Å². The zero-order valence-electron chi connectivity index (χ0n) is 14.1. The molecule has 1 fully saturated rings. The van der Waals surface area contributed by atoms with E-state index in [0.29, 0.717) is 12.0 Å². The lowest BCUT2D eigenvalue weighted by atomic mass is 10.0. The monoisotopic (exact) mass is 373 g/mol. The van der Waals surface area contributed by atoms with E-state index in [-0.39, 0.29) is 11.5 Å². The number of hydrogen-bond acceptors (Lipinski definition) is 5. The zero-order valence-corrected chi connectivity index (χ0v) is 14.9. The molecule has 1 aliphatic rings. The summed E-state index contributed by atoms with van der Waals surface area (Å²) < 4.78 is 27.7. The van der Waals surface area contributed by atoms with Gasteiger partial charge in [-0.25, -0.2) is 13.2 Å². The predicted octanol–water partition coefficient (Wildman–Crippen LogP) is 1.81. The quantitative estimate of drug-likeness (QED) is 0.808. The molecule has 1 amide bonds. The maximum Gasteiger partial charge on any atom is 0.338 e. The van der Waals surface area contributed by atoms with Gasteiger partial charge in [0.15, 0.2) is 16.4 Å². The average Bonchev–Trinajstić information content (AvgIpc) is 2.99. The van der Waals surface area contributed by atoms with Gasteiger partial charge in [0.25, 0.3) is 5.91 Å². The standard InChI is InChI=1S/C19H19NO5S/c21-18(20-17-10-11-26(23,24)13-17)12-25-19(22)16-8-6-15(7-9-16)14-4-2-1-3-5-14/h1-9,17H,10-13H2,(H,20,21)/t17-/m0/s1. The Balaban J connectivity index is 1.51. The van der Waals surface area contributed by atoms with E-state index in [0.717, 1.165) is 11.1 Å². The fraction of sp³-hybridized carbons (Fsp3) is 0.263. The van der Waals surface area contributed by atoms with Gasteiger partial charge in [-0.3, -0.25) is 4.79 Å². The van der Waals surface area contributed by atoms with Gasteiger partial charge in [-0.2, -0.15) is 0 Å². The lowest BCUT2D eigenvalue weighted by Crippen LogP contribution is -2.38. The largest absolute Gasteiger partial charge is 0.452 e. The molecule has 1 aliphatic heterocycles. The Morgan fingerprint density at radius 2 is 1.65 bits per heavy atom. The summed E-state index contributed by atoms with van der Waals surface area (Å²) in [5.74, 6) is -1.08. The minimum Gasteiger partial charge on any atom is -0.452 e. The minimum absolute atomic E-state index is 0.0619. The fourth-order valence-electron chi connectivity index (χ4n) is 2.82. The van der Waals surface area contributed by atoms with E-state index in [4.69, 9.17) is 4.74 Å². The smallest absolute Gasteiger partial charge is 0.338 e. The highest BCUT2D eigenvalue weighted by Crippen LogP contribution is 2.19. The van der Waals surface area contributed by atoms with E-state index in [1.54, 1.807) is 12.1 Å². The Bertz CT molecular complexity index is 891. The summed E-state index contributed by atoms with van der Waals surface area (Å²) in [6, 6.07) is 16.3. The summed E-state index contributed by atoms with van der Waals surface area (Å²) in [5.41, 5.74) is 2.36. The van der Waals surface area contributed by atoms with Gasteiger partial charge in [0.05, 0.1) is 17.1 Å². The molecule has 6 nitrogen and oxygen atoms in total. The zero-order chi connectivity index (χ0) is 18.6. The second kappa shape index (κ2) is 7.70. The second-order valence-corrected chi connectivity index (χ2v) is 8.42. The molecule has 136 valence electrons. The number of hydrogen-bond donors (Lipinski definition) is 1. The highest BCUT2D eigenvalue weighted by Gasteiger charge is 2.29. The van der Waals surface area contributed by atoms with Crippen molar-refractivity contribution in [3.05, 3.63) is 60.2 Å². The van der Waals surface area contributed by atoms with Crippen LogP contribution in [0.5, 0.6) is 0 Å². The van der Waals surface area contributed by atoms with Gasteiger partial charge >= 0.3 is 5.97 Å². The number of esters is 1. The maximum atomic E-state index is 12.0. The molecule has 1 saturated heterocycles. The number of amides is 1. The topological polar surface area (TPSA) is 89.5 Å². The van der Waals surface area contributed by atoms with E-state index in [2.05, 4.69) is 5.32 Å². The third kappa shape index (κ3) is 4.70. The van der Waals surface area contributed by atoms with Crippen LogP contribution in [0.4, 0.5) is 0 Å². The summed E-state index contributed by atoms with van der Waals surface area (Å²) in [6.07, 6.45) is 0.392. The van der Waals surface area contributed by atoms with Crippen LogP contribution in [-0.2, 0) is 19.4 Å². The molecule has 26 heavy (non-hydrogen) atoms. The van der Waals surface area contributed by atoms with Crippen LogP contribution in [0.15, 0.2) is 54.6 Å². The van der Waals surface area contributed by atoms with E-state index in [1.807, 2.05) is 42.5 Å². The van der Waals surface area contributed by atoms with Crippen molar-refractivity contribution in [3.63, 3.8) is 0 Å². The van der Waals surface area contributed by atoms with Gasteiger partial charge in [-0.05, 0) is 29.7 Å². The number of carbonyl (C=O) groups is 2. The molecule has 2 aromatic rings. The summed E-state index contributed by atoms with van der Waals surface area (Å²) in [7, 11) is -3.06. The highest BCUT2D eigenvalue weighted by atomic mass is 32.2. The highest BCUT2D eigenvalue weighted by molar-refractivity contribution is 7.91. The Kier molecular flexibility index (Phi) is 5.37. The van der Waals surface area contributed by atoms with Crippen LogP contribution in [0.2, 0.25) is 0 Å². The first-order chi connectivity index (χ1) is 12.4. The Morgan fingerprint density at radius 1 is 1.00 bits per heavy atom. The van der Waals surface area contributed by atoms with Crippen LogP contribution < -0.4 is 5.32 Å². The van der Waals surface area contributed by atoms with E-state index in [9.17, 15) is 18.0 Å². The maximum absolute atomic E-state index is 12.0. The van der Waals surface area contributed by atoms with Crippen LogP contribution in [0.1, 0.15) is 16.8 Å². The minimum atomic E-state index is -3.06. The third-order valence-electron chi connectivity index (χ3n) is 4.16. The van der Waals surface area contributed by atoms with Crippen molar-refractivity contribution in [1.29, 1.82) is 0 Å². The van der Waals surface area contributed by atoms with Crippen LogP contribution in [0.3, 0.4) is 0 Å². The van der Waals surface area contributed by atoms with Crippen molar-refractivity contribution in [1.82, 2.24) is 5.32 Å². The van der Waals surface area contributed by atoms with Gasteiger partial charge in [0.2, 0.25) is 0 Å². The molecule has 2 aromatic carbocycles. The van der Waals surface area contributed by atoms with Crippen LogP contribution in [-0.4, -0.2) is 44.4 Å². The first-order valence-electron chi connectivity index (χ1n) is 8.25. The van der Waals surface area contributed by atoms with Gasteiger partial charge in [-0.15, -0.1) is 0 Å². The summed E-state index contributed by atoms with van der Waals surface area (Å²) in [5, 5.41) is 2.58. The molecule has 1 atom stereocenters. The van der Waals surface area contributed by atoms with Gasteiger partial charge in [0, 0.05) is 6.04 Å². The predicted molar refractivity (Wildman–Crippen MR) is 97.4 cm³/mol. The molecule has 3 rings (SSSR count). The molecule has 1 heterocycles. The van der Waals surface area contributed by atoms with Crippen molar-refractivity contribution in [2.24, 2.45) is 0 Å². The molecule has 0 unspecified atom stereocenters. The van der Waals surface area contributed by atoms with Gasteiger partial charge in [-0.1, -0.05) is 42.5 Å². The Hall–Kier alpha value is -2.67. The molecule has 0 spiro atoms. The number of benzene rings is 2. The summed E-state index contributed by atoms with van der Waals surface area (Å²) >= 11 is 0. The normalized spacial score (nSPS) is 18.2. The number of nitrogens with one attached hydrogen (secondary N) is 1. The van der Waals surface area contributed by atoms with Crippen LogP contribution >= 0.6 is 0 Å². The SMILES string of the molecule is O=C(COC(=O)c1ccc(-c2ccccc2)cc1)N[C@H]1CCS(=O)(=O)C1. The van der Waals surface area contributed by atoms with Crippen molar-refractivity contribution >= 4 is 21.7 Å². The first-order valence-corrected chi connectivity index (χ1v) is 10.1. The van der Waals surface area contributed by atoms with Crippen molar-refractivity contribution < 1.29 is 22.7 Å². The molecule has 7 heteroatoms. The number of sulfone groups is 1. The summed E-state index contributed by atoms with van der Waals surface area (Å²) in [6.45, 7) is -0.435. The molecule has 0 radical (unpaired) electrons. The van der Waals surface area contributed by atoms with E-state index < -0.39 is 34.4 Å². The van der Waals surface area contributed by atoms with Gasteiger partial charge in [0.1, 0.15) is 0 Å². The van der Waals surface area contributed by atoms with Crippen molar-refractivity contribution in [3.8, 4) is 11.1 Å². The lowest BCUT2D eigenvalue weighted by Gasteiger charge is -2.11. The Labute approximate surface area is 152 Å². The number of rotatable bonds is 5. The van der Waals surface area contributed by atoms with Crippen molar-refractivity contribution in [2.45, 2.75) is 12.5 Å². The third-order valence-corrected chi connectivity index (χ3v) is 5.93. The Morgan fingerprint density at radius 3 is 2.27 bits per heavy atom. The lowest BCUT2D eigenvalue weighted by molar-refractivity contribution is -0.124. The van der Waals surface area contributed by atoms with Crippen LogP contribution in [0, 0.1) is 0 Å². The summed E-state index contributed by atoms with van der Waals surface area (Å²) in [4.78, 5) is 23.8. The molecular formula is C19H19NO5S. The molecule has 1 N–H and O–H groups in total. The van der Waals surface area contributed by atoms with Gasteiger partial charge < -0.3 is 10.1 Å². The number of carbonyl (C=O) groups excluding carboxylic acids is 2. The van der Waals surface area contributed by atoms with Crippen molar-refractivity contribution in [2.75, 3.05) is 18.1 Å². The first kappa shape index (κ1) is 18.1.